The van der Waals surface area contributed by atoms with Gasteiger partial charge in [-0.25, -0.2) is 0 Å². The fourth-order valence-corrected chi connectivity index (χ4v) is 4.54. The summed E-state index contributed by atoms with van der Waals surface area (Å²) in [5.41, 5.74) is 1.88. The van der Waals surface area contributed by atoms with Crippen LogP contribution in [-0.4, -0.2) is 50.6 Å². The molecule has 4 nitrogen and oxygen atoms in total. The Morgan fingerprint density at radius 1 is 0.903 bits per heavy atom. The SMILES string of the molecule is CCCCCCCCCCCCC(CN1CCCC1)NC(=O)c1ccc(N(C)C)cc1. The number of carbonyl (C=O) groups excluding carboxylic acids is 1. The van der Waals surface area contributed by atoms with Crippen molar-refractivity contribution in [1.82, 2.24) is 10.2 Å². The van der Waals surface area contributed by atoms with E-state index in [-0.39, 0.29) is 11.9 Å². The van der Waals surface area contributed by atoms with Crippen molar-refractivity contribution in [2.75, 3.05) is 38.6 Å². The molecule has 1 fully saturated rings. The number of hydrogen-bond acceptors (Lipinski definition) is 3. The third kappa shape index (κ3) is 10.5. The van der Waals surface area contributed by atoms with Crippen molar-refractivity contribution in [2.24, 2.45) is 0 Å². The number of amides is 1. The van der Waals surface area contributed by atoms with Crippen LogP contribution in [0.1, 0.15) is 101 Å². The van der Waals surface area contributed by atoms with Crippen LogP contribution in [0.4, 0.5) is 5.69 Å². The third-order valence-corrected chi connectivity index (χ3v) is 6.56. The molecule has 0 aliphatic carbocycles. The standard InChI is InChI=1S/C27H47N3O/c1-4-5-6-7-8-9-10-11-12-13-16-25(23-30-21-14-15-22-30)28-27(31)24-17-19-26(20-18-24)29(2)3/h17-20,25H,4-16,21-23H2,1-3H3,(H,28,31). The van der Waals surface area contributed by atoms with Gasteiger partial charge in [0.15, 0.2) is 0 Å². The molecule has 2 rings (SSSR count). The predicted octanol–water partition coefficient (Wildman–Crippen LogP) is 6.26. The summed E-state index contributed by atoms with van der Waals surface area (Å²) in [5, 5.41) is 3.35. The van der Waals surface area contributed by atoms with Gasteiger partial charge in [-0.15, -0.1) is 0 Å². The topological polar surface area (TPSA) is 35.6 Å². The summed E-state index contributed by atoms with van der Waals surface area (Å²) < 4.78 is 0. The summed E-state index contributed by atoms with van der Waals surface area (Å²) in [6, 6.07) is 8.18. The number of anilines is 1. The lowest BCUT2D eigenvalue weighted by molar-refractivity contribution is 0.0924. The van der Waals surface area contributed by atoms with Crippen molar-refractivity contribution in [3.63, 3.8) is 0 Å². The van der Waals surface area contributed by atoms with Crippen molar-refractivity contribution < 1.29 is 4.79 Å². The largest absolute Gasteiger partial charge is 0.378 e. The van der Waals surface area contributed by atoms with Crippen LogP contribution >= 0.6 is 0 Å². The van der Waals surface area contributed by atoms with Crippen LogP contribution < -0.4 is 10.2 Å². The first kappa shape index (κ1) is 25.7. The highest BCUT2D eigenvalue weighted by molar-refractivity contribution is 5.94. The van der Waals surface area contributed by atoms with Crippen LogP contribution in [0.3, 0.4) is 0 Å². The molecular weight excluding hydrogens is 382 g/mol. The number of rotatable bonds is 16. The molecule has 4 heteroatoms. The molecule has 0 radical (unpaired) electrons. The van der Waals surface area contributed by atoms with E-state index in [0.29, 0.717) is 0 Å². The van der Waals surface area contributed by atoms with Gasteiger partial charge in [0, 0.05) is 37.9 Å². The summed E-state index contributed by atoms with van der Waals surface area (Å²) in [6.45, 7) is 5.64. The second-order valence-corrected chi connectivity index (χ2v) is 9.59. The first-order valence-electron chi connectivity index (χ1n) is 12.9. The zero-order valence-corrected chi connectivity index (χ0v) is 20.5. The quantitative estimate of drug-likeness (QED) is 0.315. The molecule has 31 heavy (non-hydrogen) atoms. The van der Waals surface area contributed by atoms with Gasteiger partial charge in [0.2, 0.25) is 0 Å². The highest BCUT2D eigenvalue weighted by atomic mass is 16.1. The first-order chi connectivity index (χ1) is 15.1. The highest BCUT2D eigenvalue weighted by Gasteiger charge is 2.19. The highest BCUT2D eigenvalue weighted by Crippen LogP contribution is 2.16. The Labute approximate surface area is 191 Å². The molecule has 1 atom stereocenters. The Morgan fingerprint density at radius 2 is 1.45 bits per heavy atom. The number of likely N-dealkylation sites (tertiary alicyclic amines) is 1. The number of benzene rings is 1. The molecule has 0 saturated carbocycles. The fourth-order valence-electron chi connectivity index (χ4n) is 4.54. The van der Waals surface area contributed by atoms with Crippen LogP contribution in [0.25, 0.3) is 0 Å². The molecule has 1 aromatic rings. The first-order valence-corrected chi connectivity index (χ1v) is 12.9. The van der Waals surface area contributed by atoms with Crippen molar-refractivity contribution >= 4 is 11.6 Å². The Bertz CT molecular complexity index is 593. The summed E-state index contributed by atoms with van der Waals surface area (Å²) in [4.78, 5) is 17.4. The minimum atomic E-state index is 0.0709. The molecule has 1 aliphatic heterocycles. The van der Waals surface area contributed by atoms with E-state index < -0.39 is 0 Å². The summed E-state index contributed by atoms with van der Waals surface area (Å²) >= 11 is 0. The van der Waals surface area contributed by atoms with Crippen molar-refractivity contribution in [3.8, 4) is 0 Å². The zero-order chi connectivity index (χ0) is 22.3. The maximum atomic E-state index is 12.8. The lowest BCUT2D eigenvalue weighted by atomic mass is 10.0. The number of nitrogens with zero attached hydrogens (tertiary/aromatic N) is 2. The molecule has 0 aromatic heterocycles. The Kier molecular flexibility index (Phi) is 12.7. The summed E-state index contributed by atoms with van der Waals surface area (Å²) in [5.74, 6) is 0.0709. The average molecular weight is 430 g/mol. The molecule has 1 unspecified atom stereocenters. The maximum absolute atomic E-state index is 12.8. The van der Waals surface area contributed by atoms with Crippen LogP contribution in [-0.2, 0) is 0 Å². The molecule has 1 N–H and O–H groups in total. The number of unbranched alkanes of at least 4 members (excludes halogenated alkanes) is 9. The minimum Gasteiger partial charge on any atom is -0.378 e. The lowest BCUT2D eigenvalue weighted by Gasteiger charge is -2.25. The zero-order valence-electron chi connectivity index (χ0n) is 20.5. The molecule has 1 amide bonds. The molecule has 0 bridgehead atoms. The van der Waals surface area contributed by atoms with Gasteiger partial charge < -0.3 is 15.1 Å². The molecule has 0 spiro atoms. The summed E-state index contributed by atoms with van der Waals surface area (Å²) in [6.07, 6.45) is 17.2. The monoisotopic (exact) mass is 429 g/mol. The van der Waals surface area contributed by atoms with E-state index >= 15 is 0 Å². The van der Waals surface area contributed by atoms with E-state index in [1.54, 1.807) is 0 Å². The molecule has 1 heterocycles. The number of carbonyl (C=O) groups is 1. The van der Waals surface area contributed by atoms with Crippen LogP contribution in [0.15, 0.2) is 24.3 Å². The minimum absolute atomic E-state index is 0.0709. The normalized spacial score (nSPS) is 15.2. The van der Waals surface area contributed by atoms with Gasteiger partial charge in [-0.3, -0.25) is 4.79 Å². The number of hydrogen-bond donors (Lipinski definition) is 1. The Hall–Kier alpha value is -1.55. The van der Waals surface area contributed by atoms with Crippen molar-refractivity contribution in [2.45, 2.75) is 96.4 Å². The van der Waals surface area contributed by atoms with E-state index in [1.165, 1.54) is 90.1 Å². The molecular formula is C27H47N3O. The van der Waals surface area contributed by atoms with E-state index in [1.807, 2.05) is 38.4 Å². The van der Waals surface area contributed by atoms with E-state index in [2.05, 4.69) is 22.0 Å². The molecule has 176 valence electrons. The molecule has 1 saturated heterocycles. The van der Waals surface area contributed by atoms with Gasteiger partial charge in [-0.1, -0.05) is 71.1 Å². The molecule has 1 aromatic carbocycles. The van der Waals surface area contributed by atoms with Crippen LogP contribution in [0, 0.1) is 0 Å². The van der Waals surface area contributed by atoms with Gasteiger partial charge >= 0.3 is 0 Å². The summed E-state index contributed by atoms with van der Waals surface area (Å²) in [7, 11) is 4.04. The van der Waals surface area contributed by atoms with E-state index in [9.17, 15) is 4.79 Å². The van der Waals surface area contributed by atoms with Crippen LogP contribution in [0.5, 0.6) is 0 Å². The average Bonchev–Trinajstić information content (AvgIpc) is 3.28. The van der Waals surface area contributed by atoms with Gasteiger partial charge in [-0.2, -0.15) is 0 Å². The second kappa shape index (κ2) is 15.3. The number of nitrogens with one attached hydrogen (secondary N) is 1. The van der Waals surface area contributed by atoms with Gasteiger partial charge in [0.25, 0.3) is 5.91 Å². The van der Waals surface area contributed by atoms with Crippen molar-refractivity contribution in [3.05, 3.63) is 29.8 Å². The van der Waals surface area contributed by atoms with E-state index in [0.717, 1.165) is 24.2 Å². The second-order valence-electron chi connectivity index (χ2n) is 9.59. The fraction of sp³-hybridized carbons (Fsp3) is 0.741. The maximum Gasteiger partial charge on any atom is 0.251 e. The Morgan fingerprint density at radius 3 is 2.00 bits per heavy atom. The van der Waals surface area contributed by atoms with Gasteiger partial charge in [0.05, 0.1) is 0 Å². The third-order valence-electron chi connectivity index (χ3n) is 6.56. The predicted molar refractivity (Wildman–Crippen MR) is 134 cm³/mol. The smallest absolute Gasteiger partial charge is 0.251 e. The van der Waals surface area contributed by atoms with Crippen molar-refractivity contribution in [1.29, 1.82) is 0 Å². The van der Waals surface area contributed by atoms with Gasteiger partial charge in [0.1, 0.15) is 0 Å². The lowest BCUT2D eigenvalue weighted by Crippen LogP contribution is -2.43. The van der Waals surface area contributed by atoms with Gasteiger partial charge in [-0.05, 0) is 56.6 Å². The Balaban J connectivity index is 1.72. The van der Waals surface area contributed by atoms with E-state index in [4.69, 9.17) is 0 Å². The molecule has 1 aliphatic rings. The van der Waals surface area contributed by atoms with Crippen LogP contribution in [0.2, 0.25) is 0 Å².